The highest BCUT2D eigenvalue weighted by molar-refractivity contribution is 9.10. The Balaban J connectivity index is 2.26. The van der Waals surface area contributed by atoms with Crippen molar-refractivity contribution in [1.29, 1.82) is 0 Å². The van der Waals surface area contributed by atoms with Crippen LogP contribution in [-0.4, -0.2) is 4.92 Å². The molecule has 4 nitrogen and oxygen atoms in total. The van der Waals surface area contributed by atoms with Crippen LogP contribution in [0.3, 0.4) is 0 Å². The Bertz CT molecular complexity index is 844. The van der Waals surface area contributed by atoms with E-state index in [4.69, 9.17) is 4.42 Å². The smallest absolute Gasteiger partial charge is 0.258 e. The molecule has 5 heteroatoms. The average Bonchev–Trinajstić information content (AvgIpc) is 2.46. The van der Waals surface area contributed by atoms with Crippen LogP contribution >= 0.6 is 15.9 Å². The molecule has 1 aromatic heterocycles. The van der Waals surface area contributed by atoms with E-state index in [2.05, 4.69) is 15.9 Å². The normalized spacial score (nSPS) is 10.8. The fourth-order valence-electron chi connectivity index (χ4n) is 2.30. The molecule has 0 aliphatic rings. The lowest BCUT2D eigenvalue weighted by Gasteiger charge is -2.01. The van der Waals surface area contributed by atoms with E-state index in [1.54, 1.807) is 12.1 Å². The molecule has 2 aromatic carbocycles. The molecule has 0 aliphatic carbocycles. The third-order valence-corrected chi connectivity index (χ3v) is 3.90. The molecule has 0 saturated heterocycles. The Hall–Kier alpha value is -2.27. The standard InChI is InChI=1S/C16H11BrNO3/c1-10-9-12-3-2-4-14(17)15(12)16(21-10)11-5-7-13(8-6-11)18(19)20/h2-9H,1H3/q+1. The van der Waals surface area contributed by atoms with Crippen molar-refractivity contribution < 1.29 is 9.34 Å². The maximum atomic E-state index is 10.7. The lowest BCUT2D eigenvalue weighted by molar-refractivity contribution is -0.384. The van der Waals surface area contributed by atoms with Crippen LogP contribution in [0.1, 0.15) is 5.76 Å². The van der Waals surface area contributed by atoms with E-state index in [0.717, 1.165) is 26.6 Å². The summed E-state index contributed by atoms with van der Waals surface area (Å²) in [7, 11) is 0. The second-order valence-corrected chi connectivity index (χ2v) is 5.55. The predicted octanol–water partition coefficient (Wildman–Crippen LogP) is 5.36. The summed E-state index contributed by atoms with van der Waals surface area (Å²) in [5.74, 6) is 1.49. The quantitative estimate of drug-likeness (QED) is 0.357. The lowest BCUT2D eigenvalue weighted by atomic mass is 10.0. The highest BCUT2D eigenvalue weighted by atomic mass is 79.9. The van der Waals surface area contributed by atoms with Gasteiger partial charge in [-0.15, -0.1) is 0 Å². The highest BCUT2D eigenvalue weighted by Gasteiger charge is 2.21. The van der Waals surface area contributed by atoms with E-state index < -0.39 is 4.92 Å². The monoisotopic (exact) mass is 344 g/mol. The molecule has 0 bridgehead atoms. The van der Waals surface area contributed by atoms with Crippen molar-refractivity contribution in [1.82, 2.24) is 0 Å². The lowest BCUT2D eigenvalue weighted by Crippen LogP contribution is -1.89. The molecular formula is C16H11BrNO3+. The summed E-state index contributed by atoms with van der Waals surface area (Å²) >= 11 is 3.54. The number of aryl methyl sites for hydroxylation is 1. The maximum absolute atomic E-state index is 10.7. The number of nitro groups is 1. The first-order valence-electron chi connectivity index (χ1n) is 6.33. The molecule has 0 fully saturated rings. The van der Waals surface area contributed by atoms with E-state index in [0.29, 0.717) is 5.76 Å². The summed E-state index contributed by atoms with van der Waals surface area (Å²) in [6.07, 6.45) is 0. The SMILES string of the molecule is Cc1cc2cccc(Br)c2c(-c2ccc([N+](=O)[O-])cc2)[o+]1. The first kappa shape index (κ1) is 13.7. The number of benzene rings is 2. The van der Waals surface area contributed by atoms with Crippen molar-refractivity contribution in [2.75, 3.05) is 0 Å². The molecule has 0 aliphatic heterocycles. The van der Waals surface area contributed by atoms with E-state index in [-0.39, 0.29) is 5.69 Å². The fourth-order valence-corrected chi connectivity index (χ4v) is 2.86. The first-order chi connectivity index (χ1) is 10.1. The summed E-state index contributed by atoms with van der Waals surface area (Å²) in [6, 6.07) is 14.3. The van der Waals surface area contributed by atoms with Crippen LogP contribution in [0.5, 0.6) is 0 Å². The van der Waals surface area contributed by atoms with Crippen LogP contribution in [0.25, 0.3) is 22.1 Å². The third kappa shape index (κ3) is 2.52. The molecule has 0 radical (unpaired) electrons. The first-order valence-corrected chi connectivity index (χ1v) is 7.12. The third-order valence-electron chi connectivity index (χ3n) is 3.24. The largest absolute Gasteiger partial charge is 0.369 e. The molecule has 1 heterocycles. The van der Waals surface area contributed by atoms with Gasteiger partial charge in [-0.2, -0.15) is 0 Å². The summed E-state index contributed by atoms with van der Waals surface area (Å²) in [5.41, 5.74) is 0.871. The second-order valence-electron chi connectivity index (χ2n) is 4.69. The Kier molecular flexibility index (Phi) is 3.43. The number of hydrogen-bond donors (Lipinski definition) is 0. The Morgan fingerprint density at radius 3 is 2.52 bits per heavy atom. The second kappa shape index (κ2) is 5.26. The van der Waals surface area contributed by atoms with Gasteiger partial charge < -0.3 is 0 Å². The van der Waals surface area contributed by atoms with E-state index >= 15 is 0 Å². The topological polar surface area (TPSA) is 54.4 Å². The van der Waals surface area contributed by atoms with E-state index in [1.807, 2.05) is 31.2 Å². The van der Waals surface area contributed by atoms with Crippen LogP contribution < -0.4 is 0 Å². The van der Waals surface area contributed by atoms with Gasteiger partial charge in [-0.1, -0.05) is 12.1 Å². The molecule has 0 amide bonds. The number of nitro benzene ring substituents is 1. The van der Waals surface area contributed by atoms with Crippen molar-refractivity contribution in [3.63, 3.8) is 0 Å². The highest BCUT2D eigenvalue weighted by Crippen LogP contribution is 2.35. The van der Waals surface area contributed by atoms with Crippen molar-refractivity contribution in [3.8, 4) is 11.3 Å². The van der Waals surface area contributed by atoms with Gasteiger partial charge in [0.2, 0.25) is 0 Å². The number of fused-ring (bicyclic) bond motifs is 1. The molecular weight excluding hydrogens is 334 g/mol. The van der Waals surface area contributed by atoms with E-state index in [1.165, 1.54) is 12.1 Å². The van der Waals surface area contributed by atoms with E-state index in [9.17, 15) is 10.1 Å². The maximum Gasteiger partial charge on any atom is 0.369 e. The number of nitrogens with zero attached hydrogens (tertiary/aromatic N) is 1. The van der Waals surface area contributed by atoms with Crippen LogP contribution in [-0.2, 0) is 0 Å². The number of hydrogen-bond acceptors (Lipinski definition) is 2. The van der Waals surface area contributed by atoms with Gasteiger partial charge in [0.25, 0.3) is 5.69 Å². The summed E-state index contributed by atoms with van der Waals surface area (Å²) in [6.45, 7) is 1.88. The van der Waals surface area contributed by atoms with Gasteiger partial charge in [0.15, 0.2) is 0 Å². The zero-order valence-corrected chi connectivity index (χ0v) is 12.8. The summed E-state index contributed by atoms with van der Waals surface area (Å²) in [4.78, 5) is 10.3. The van der Waals surface area contributed by atoms with Gasteiger partial charge in [-0.25, -0.2) is 4.42 Å². The minimum absolute atomic E-state index is 0.0646. The van der Waals surface area contributed by atoms with Crippen molar-refractivity contribution in [2.45, 2.75) is 6.92 Å². The van der Waals surface area contributed by atoms with Gasteiger partial charge in [0.1, 0.15) is 5.39 Å². The van der Waals surface area contributed by atoms with Gasteiger partial charge in [0, 0.05) is 28.1 Å². The minimum atomic E-state index is -0.412. The number of non-ortho nitro benzene ring substituents is 1. The van der Waals surface area contributed by atoms with Crippen LogP contribution in [0.2, 0.25) is 0 Å². The molecule has 0 spiro atoms. The van der Waals surface area contributed by atoms with Crippen LogP contribution in [0.4, 0.5) is 5.69 Å². The van der Waals surface area contributed by atoms with Crippen LogP contribution in [0.15, 0.2) is 57.4 Å². The molecule has 104 valence electrons. The molecule has 3 aromatic rings. The predicted molar refractivity (Wildman–Crippen MR) is 85.1 cm³/mol. The fraction of sp³-hybridized carbons (Fsp3) is 0.0625. The molecule has 0 saturated carbocycles. The van der Waals surface area contributed by atoms with Crippen molar-refractivity contribution >= 4 is 32.4 Å². The molecule has 21 heavy (non-hydrogen) atoms. The summed E-state index contributed by atoms with van der Waals surface area (Å²) < 4.78 is 6.79. The molecule has 3 rings (SSSR count). The number of rotatable bonds is 2. The zero-order chi connectivity index (χ0) is 15.0. The van der Waals surface area contributed by atoms with Crippen molar-refractivity contribution in [2.24, 2.45) is 0 Å². The number of halogens is 1. The van der Waals surface area contributed by atoms with Gasteiger partial charge in [0.05, 0.1) is 17.4 Å². The Morgan fingerprint density at radius 1 is 1.14 bits per heavy atom. The minimum Gasteiger partial charge on any atom is -0.258 e. The molecule has 0 atom stereocenters. The Labute approximate surface area is 129 Å². The van der Waals surface area contributed by atoms with Gasteiger partial charge >= 0.3 is 11.5 Å². The van der Waals surface area contributed by atoms with Gasteiger partial charge in [-0.05, 0) is 34.1 Å². The zero-order valence-electron chi connectivity index (χ0n) is 11.2. The average molecular weight is 345 g/mol. The van der Waals surface area contributed by atoms with Crippen LogP contribution in [0, 0.1) is 17.0 Å². The Morgan fingerprint density at radius 2 is 1.86 bits per heavy atom. The van der Waals surface area contributed by atoms with Crippen molar-refractivity contribution in [3.05, 3.63) is 68.9 Å². The summed E-state index contributed by atoms with van der Waals surface area (Å²) in [5, 5.41) is 12.8. The molecule has 0 N–H and O–H groups in total. The molecule has 0 unspecified atom stereocenters. The van der Waals surface area contributed by atoms with Gasteiger partial charge in [-0.3, -0.25) is 10.1 Å².